The van der Waals surface area contributed by atoms with Crippen molar-refractivity contribution in [3.8, 4) is 0 Å². The Labute approximate surface area is 168 Å². The lowest BCUT2D eigenvalue weighted by atomic mass is 9.92. The molecule has 1 amide bonds. The van der Waals surface area contributed by atoms with E-state index in [-0.39, 0.29) is 17.9 Å². The summed E-state index contributed by atoms with van der Waals surface area (Å²) in [4.78, 5) is 24.7. The van der Waals surface area contributed by atoms with Gasteiger partial charge in [0.05, 0.1) is 17.1 Å². The summed E-state index contributed by atoms with van der Waals surface area (Å²) in [5.74, 6) is 2.04. The van der Waals surface area contributed by atoms with E-state index in [9.17, 15) is 4.79 Å². The van der Waals surface area contributed by atoms with Crippen molar-refractivity contribution in [2.45, 2.75) is 39.7 Å². The summed E-state index contributed by atoms with van der Waals surface area (Å²) in [5.41, 5.74) is 3.27. The molecular formula is C20H26N6OS. The number of rotatable bonds is 5. The first-order chi connectivity index (χ1) is 13.4. The van der Waals surface area contributed by atoms with Gasteiger partial charge in [-0.25, -0.2) is 9.97 Å². The molecular weight excluding hydrogens is 372 g/mol. The number of amides is 1. The fourth-order valence-corrected chi connectivity index (χ4v) is 4.99. The predicted molar refractivity (Wildman–Crippen MR) is 112 cm³/mol. The maximum atomic E-state index is 12.5. The smallest absolute Gasteiger partial charge is 0.223 e. The van der Waals surface area contributed by atoms with Crippen LogP contribution < -0.4 is 5.32 Å². The number of nitrogens with zero attached hydrogens (tertiary/aromatic N) is 5. The standard InChI is InChI=1S/C20H26N6OS/c1-6-15-22-19(14-7-8-28-20(14)23-15)21-10-13-9-16(27)25(4)18(13)17-11(2)24-26(5)12(17)3/h7-8,13,18H,6,9-10H2,1-5H3,(H,21,22,23)/t13-,18+/m0/s1. The second-order valence-electron chi connectivity index (χ2n) is 7.48. The number of anilines is 1. The number of carbonyl (C=O) groups excluding carboxylic acids is 1. The Hall–Kier alpha value is -2.48. The van der Waals surface area contributed by atoms with Crippen molar-refractivity contribution in [1.82, 2.24) is 24.6 Å². The highest BCUT2D eigenvalue weighted by atomic mass is 32.1. The van der Waals surface area contributed by atoms with Gasteiger partial charge < -0.3 is 10.2 Å². The van der Waals surface area contributed by atoms with Gasteiger partial charge >= 0.3 is 0 Å². The van der Waals surface area contributed by atoms with Gasteiger partial charge in [0.1, 0.15) is 16.5 Å². The Kier molecular flexibility index (Phi) is 4.82. The van der Waals surface area contributed by atoms with E-state index in [4.69, 9.17) is 4.98 Å². The Morgan fingerprint density at radius 1 is 1.29 bits per heavy atom. The number of aromatic nitrogens is 4. The number of nitrogens with one attached hydrogen (secondary N) is 1. The average Bonchev–Trinajstić information content (AvgIpc) is 3.32. The highest BCUT2D eigenvalue weighted by molar-refractivity contribution is 7.16. The number of likely N-dealkylation sites (tertiary alicyclic amines) is 1. The van der Waals surface area contributed by atoms with Crippen LogP contribution in [0.5, 0.6) is 0 Å². The fraction of sp³-hybridized carbons (Fsp3) is 0.500. The molecule has 1 N–H and O–H groups in total. The van der Waals surface area contributed by atoms with E-state index in [0.29, 0.717) is 13.0 Å². The van der Waals surface area contributed by atoms with E-state index in [0.717, 1.165) is 39.7 Å². The van der Waals surface area contributed by atoms with Gasteiger partial charge in [0.2, 0.25) is 5.91 Å². The molecule has 7 nitrogen and oxygen atoms in total. The van der Waals surface area contributed by atoms with E-state index in [1.165, 1.54) is 5.56 Å². The monoisotopic (exact) mass is 398 g/mol. The van der Waals surface area contributed by atoms with Crippen LogP contribution in [0, 0.1) is 19.8 Å². The summed E-state index contributed by atoms with van der Waals surface area (Å²) in [6.07, 6.45) is 1.32. The van der Waals surface area contributed by atoms with Gasteiger partial charge in [0, 0.05) is 50.7 Å². The summed E-state index contributed by atoms with van der Waals surface area (Å²) in [5, 5.41) is 11.2. The van der Waals surface area contributed by atoms with Gasteiger partial charge in [-0.2, -0.15) is 5.10 Å². The van der Waals surface area contributed by atoms with Crippen LogP contribution in [0.1, 0.15) is 42.2 Å². The summed E-state index contributed by atoms with van der Waals surface area (Å²) in [7, 11) is 3.85. The fourth-order valence-electron chi connectivity index (χ4n) is 4.20. The molecule has 0 spiro atoms. The topological polar surface area (TPSA) is 75.9 Å². The first kappa shape index (κ1) is 18.9. The van der Waals surface area contributed by atoms with Crippen LogP contribution in [0.3, 0.4) is 0 Å². The quantitative estimate of drug-likeness (QED) is 0.714. The van der Waals surface area contributed by atoms with Crippen molar-refractivity contribution >= 4 is 33.3 Å². The summed E-state index contributed by atoms with van der Waals surface area (Å²) in [6, 6.07) is 2.08. The molecule has 2 atom stereocenters. The van der Waals surface area contributed by atoms with Gasteiger partial charge in [-0.1, -0.05) is 6.92 Å². The third-order valence-electron chi connectivity index (χ3n) is 5.77. The maximum Gasteiger partial charge on any atom is 0.223 e. The van der Waals surface area contributed by atoms with Crippen LogP contribution >= 0.6 is 11.3 Å². The van der Waals surface area contributed by atoms with Crippen molar-refractivity contribution in [3.05, 3.63) is 34.2 Å². The molecule has 1 aliphatic rings. The molecule has 0 saturated carbocycles. The summed E-state index contributed by atoms with van der Waals surface area (Å²) >= 11 is 1.63. The van der Waals surface area contributed by atoms with Gasteiger partial charge in [0.25, 0.3) is 0 Å². The normalized spacial score (nSPS) is 19.8. The molecule has 1 saturated heterocycles. The van der Waals surface area contributed by atoms with Gasteiger partial charge in [-0.3, -0.25) is 9.48 Å². The molecule has 0 unspecified atom stereocenters. The molecule has 0 radical (unpaired) electrons. The van der Waals surface area contributed by atoms with Crippen LogP contribution in [0.4, 0.5) is 5.82 Å². The molecule has 1 aliphatic heterocycles. The molecule has 3 aromatic heterocycles. The van der Waals surface area contributed by atoms with E-state index >= 15 is 0 Å². The third kappa shape index (κ3) is 3.05. The van der Waals surface area contributed by atoms with E-state index in [1.807, 2.05) is 36.0 Å². The van der Waals surface area contributed by atoms with Crippen molar-refractivity contribution in [1.29, 1.82) is 0 Å². The average molecular weight is 399 g/mol. The summed E-state index contributed by atoms with van der Waals surface area (Å²) < 4.78 is 1.90. The van der Waals surface area contributed by atoms with Crippen molar-refractivity contribution in [3.63, 3.8) is 0 Å². The lowest BCUT2D eigenvalue weighted by Crippen LogP contribution is -2.27. The van der Waals surface area contributed by atoms with Crippen LogP contribution in [0.25, 0.3) is 10.2 Å². The third-order valence-corrected chi connectivity index (χ3v) is 6.58. The first-order valence-electron chi connectivity index (χ1n) is 9.64. The van der Waals surface area contributed by atoms with Crippen LogP contribution in [-0.2, 0) is 18.3 Å². The number of carbonyl (C=O) groups is 1. The molecule has 0 aromatic carbocycles. The van der Waals surface area contributed by atoms with Crippen LogP contribution in [-0.4, -0.2) is 44.1 Å². The molecule has 0 bridgehead atoms. The number of thiophene rings is 1. The lowest BCUT2D eigenvalue weighted by Gasteiger charge is -2.26. The minimum atomic E-state index is 0.0270. The van der Waals surface area contributed by atoms with Crippen molar-refractivity contribution in [2.24, 2.45) is 13.0 Å². The highest BCUT2D eigenvalue weighted by Crippen LogP contribution is 2.40. The Bertz CT molecular complexity index is 1040. The minimum Gasteiger partial charge on any atom is -0.369 e. The molecule has 4 rings (SSSR count). The zero-order valence-electron chi connectivity index (χ0n) is 17.0. The van der Waals surface area contributed by atoms with Crippen molar-refractivity contribution < 1.29 is 4.79 Å². The second kappa shape index (κ2) is 7.16. The first-order valence-corrected chi connectivity index (χ1v) is 10.5. The van der Waals surface area contributed by atoms with E-state index < -0.39 is 0 Å². The molecule has 28 heavy (non-hydrogen) atoms. The van der Waals surface area contributed by atoms with E-state index in [2.05, 4.69) is 35.3 Å². The van der Waals surface area contributed by atoms with Gasteiger partial charge in [-0.05, 0) is 25.3 Å². The molecule has 4 heterocycles. The number of hydrogen-bond acceptors (Lipinski definition) is 6. The second-order valence-corrected chi connectivity index (χ2v) is 8.38. The molecule has 0 aliphatic carbocycles. The Balaban J connectivity index is 1.64. The molecule has 148 valence electrons. The van der Waals surface area contributed by atoms with Gasteiger partial charge in [-0.15, -0.1) is 11.3 Å². The Morgan fingerprint density at radius 2 is 2.07 bits per heavy atom. The number of fused-ring (bicyclic) bond motifs is 1. The molecule has 3 aromatic rings. The number of aryl methyl sites for hydroxylation is 3. The minimum absolute atomic E-state index is 0.0270. The SMILES string of the molecule is CCc1nc(NC[C@@H]2CC(=O)N(C)[C@H]2c2c(C)nn(C)c2C)c2ccsc2n1. The van der Waals surface area contributed by atoms with Crippen LogP contribution in [0.2, 0.25) is 0 Å². The van der Waals surface area contributed by atoms with Crippen LogP contribution in [0.15, 0.2) is 11.4 Å². The summed E-state index contributed by atoms with van der Waals surface area (Å²) in [6.45, 7) is 6.84. The maximum absolute atomic E-state index is 12.5. The highest BCUT2D eigenvalue weighted by Gasteiger charge is 2.40. The largest absolute Gasteiger partial charge is 0.369 e. The van der Waals surface area contributed by atoms with Gasteiger partial charge in [0.15, 0.2) is 0 Å². The Morgan fingerprint density at radius 3 is 2.75 bits per heavy atom. The molecule has 8 heteroatoms. The number of hydrogen-bond donors (Lipinski definition) is 1. The van der Waals surface area contributed by atoms with E-state index in [1.54, 1.807) is 11.3 Å². The lowest BCUT2D eigenvalue weighted by molar-refractivity contribution is -0.127. The molecule has 1 fully saturated rings. The zero-order chi connectivity index (χ0) is 20.0. The van der Waals surface area contributed by atoms with Crippen molar-refractivity contribution in [2.75, 3.05) is 18.9 Å². The zero-order valence-corrected chi connectivity index (χ0v) is 17.8. The predicted octanol–water partition coefficient (Wildman–Crippen LogP) is 3.24.